The lowest BCUT2D eigenvalue weighted by molar-refractivity contribution is -0.153. The Kier molecular flexibility index (Phi) is 20.1. The minimum Gasteiger partial charge on any atom is -0.482 e. The molecule has 4 rings (SSSR count). The van der Waals surface area contributed by atoms with E-state index in [2.05, 4.69) is 20.6 Å². The van der Waals surface area contributed by atoms with E-state index in [4.69, 9.17) is 20.1 Å². The summed E-state index contributed by atoms with van der Waals surface area (Å²) < 4.78 is 54.7. The van der Waals surface area contributed by atoms with Gasteiger partial charge in [-0.1, -0.05) is 44.2 Å². The van der Waals surface area contributed by atoms with Crippen LogP contribution in [0.5, 0.6) is 5.75 Å². The van der Waals surface area contributed by atoms with Crippen LogP contribution in [0.3, 0.4) is 0 Å². The van der Waals surface area contributed by atoms with E-state index in [-0.39, 0.29) is 23.2 Å². The third-order valence-corrected chi connectivity index (χ3v) is 5.51. The molecule has 0 amide bonds. The third-order valence-electron chi connectivity index (χ3n) is 5.51. The number of carbonyl (C=O) groups excluding carboxylic acids is 3. The number of carbonyl (C=O) groups is 3. The third kappa shape index (κ3) is 16.3. The molecule has 47 heavy (non-hydrogen) atoms. The molecule has 13 heteroatoms. The first-order chi connectivity index (χ1) is 22.6. The lowest BCUT2D eigenvalue weighted by atomic mass is 10.1. The second-order valence-corrected chi connectivity index (χ2v) is 8.76. The van der Waals surface area contributed by atoms with Gasteiger partial charge in [-0.3, -0.25) is 0 Å². The van der Waals surface area contributed by atoms with Gasteiger partial charge in [0.2, 0.25) is 0 Å². The number of aldehydes is 1. The number of alkyl halides is 3. The van der Waals surface area contributed by atoms with Gasteiger partial charge in [-0.25, -0.2) is 9.37 Å². The lowest BCUT2D eigenvalue weighted by Crippen LogP contribution is -2.24. The zero-order chi connectivity index (χ0) is 35.8. The highest BCUT2D eigenvalue weighted by molar-refractivity contribution is 5.95. The van der Waals surface area contributed by atoms with E-state index < -0.39 is 12.8 Å². The van der Waals surface area contributed by atoms with Gasteiger partial charge in [0, 0.05) is 30.9 Å². The molecule has 0 aliphatic carbocycles. The molecule has 0 aliphatic heterocycles. The Bertz CT molecular complexity index is 1480. The Hall–Kier alpha value is -5.59. The van der Waals surface area contributed by atoms with Gasteiger partial charge in [-0.15, -0.1) is 0 Å². The molecule has 9 nitrogen and oxygen atoms in total. The number of rotatable bonds is 8. The Morgan fingerprint density at radius 3 is 2.04 bits per heavy atom. The molecule has 0 atom stereocenters. The Balaban J connectivity index is 0.00000110. The van der Waals surface area contributed by atoms with Crippen molar-refractivity contribution >= 4 is 43.0 Å². The van der Waals surface area contributed by atoms with Crippen molar-refractivity contribution in [3.63, 3.8) is 0 Å². The Labute approximate surface area is 271 Å². The molecule has 3 aromatic carbocycles. The summed E-state index contributed by atoms with van der Waals surface area (Å²) in [7, 11) is 1.85. The average molecular weight is 658 g/mol. The van der Waals surface area contributed by atoms with Crippen LogP contribution in [-0.2, 0) is 20.8 Å². The fraction of sp³-hybridized carbons (Fsp3) is 0.206. The molecule has 0 fully saturated rings. The number of nitrogens with two attached hydrogens (primary N) is 1. The standard InChI is InChI=1S/C22H22F3N5O.C8H7FO.C2H6.2CH2O/c1-14-3-9-18(19(11-14)31-13-22(23,24)25)29-21(26)30-20-10-6-16(12-28-20)15-4-7-17(27-2)8-5-15;9-8-3-1-7(2-4-8)5-6-10;3*1-2/h3-12,27H,13H2,1-2H3,(H3,26,28,29,30);1-4,6H,5H2;1-2H3;2*1H2. The normalized spacial score (nSPS) is 10.1. The van der Waals surface area contributed by atoms with Gasteiger partial charge in [0.25, 0.3) is 0 Å². The van der Waals surface area contributed by atoms with E-state index in [1.807, 2.05) is 64.8 Å². The van der Waals surface area contributed by atoms with Crippen molar-refractivity contribution in [3.8, 4) is 16.9 Å². The fourth-order valence-corrected chi connectivity index (χ4v) is 3.47. The van der Waals surface area contributed by atoms with Crippen molar-refractivity contribution < 1.29 is 36.7 Å². The molecule has 0 radical (unpaired) electrons. The molecule has 0 aliphatic rings. The molecule has 0 spiro atoms. The maximum absolute atomic E-state index is 12.5. The maximum atomic E-state index is 12.5. The second kappa shape index (κ2) is 22.8. The number of aromatic nitrogens is 1. The largest absolute Gasteiger partial charge is 0.482 e. The van der Waals surface area contributed by atoms with E-state index in [1.165, 1.54) is 18.2 Å². The Morgan fingerprint density at radius 2 is 1.53 bits per heavy atom. The van der Waals surface area contributed by atoms with Crippen LogP contribution in [0.1, 0.15) is 25.0 Å². The predicted molar refractivity (Wildman–Crippen MR) is 179 cm³/mol. The number of benzene rings is 3. The lowest BCUT2D eigenvalue weighted by Gasteiger charge is -2.15. The SMILES string of the molecule is C=O.C=O.CC.CNc1ccc(-c2ccc(N=C(N)Nc3ccc(C)cc3OCC(F)(F)F)nc2)cc1.O=CCc1ccc(F)cc1. The van der Waals surface area contributed by atoms with Crippen molar-refractivity contribution in [3.05, 3.63) is 102 Å². The van der Waals surface area contributed by atoms with Gasteiger partial charge < -0.3 is 35.5 Å². The zero-order valence-electron chi connectivity index (χ0n) is 26.6. The molecule has 0 bridgehead atoms. The zero-order valence-corrected chi connectivity index (χ0v) is 26.6. The van der Waals surface area contributed by atoms with Crippen LogP contribution < -0.4 is 21.1 Å². The summed E-state index contributed by atoms with van der Waals surface area (Å²) in [6, 6.07) is 22.1. The highest BCUT2D eigenvalue weighted by atomic mass is 19.4. The van der Waals surface area contributed by atoms with E-state index in [0.29, 0.717) is 12.2 Å². The highest BCUT2D eigenvalue weighted by Gasteiger charge is 2.29. The average Bonchev–Trinajstić information content (AvgIpc) is 3.09. The van der Waals surface area contributed by atoms with Crippen molar-refractivity contribution in [1.29, 1.82) is 0 Å². The van der Waals surface area contributed by atoms with Crippen LogP contribution in [-0.4, -0.2) is 50.6 Å². The van der Waals surface area contributed by atoms with Gasteiger partial charge in [0.05, 0.1) is 5.69 Å². The summed E-state index contributed by atoms with van der Waals surface area (Å²) in [6.07, 6.45) is -1.61. The van der Waals surface area contributed by atoms with Crippen LogP contribution in [0.15, 0.2) is 90.1 Å². The van der Waals surface area contributed by atoms with Crippen molar-refractivity contribution in [2.24, 2.45) is 10.7 Å². The summed E-state index contributed by atoms with van der Waals surface area (Å²) in [5.41, 5.74) is 10.7. The molecule has 252 valence electrons. The van der Waals surface area contributed by atoms with Gasteiger partial charge in [-0.2, -0.15) is 18.2 Å². The molecule has 0 unspecified atom stereocenters. The number of nitrogens with zero attached hydrogens (tertiary/aromatic N) is 2. The summed E-state index contributed by atoms with van der Waals surface area (Å²) in [5.74, 6) is 0.0863. The number of halogens is 4. The molecule has 0 saturated heterocycles. The monoisotopic (exact) mass is 657 g/mol. The van der Waals surface area contributed by atoms with Crippen LogP contribution in [0, 0.1) is 12.7 Å². The molecular weight excluding hydrogens is 618 g/mol. The molecule has 0 saturated carbocycles. The smallest absolute Gasteiger partial charge is 0.422 e. The van der Waals surface area contributed by atoms with Gasteiger partial charge >= 0.3 is 6.18 Å². The first kappa shape index (κ1) is 41.4. The number of aryl methyl sites for hydroxylation is 1. The number of hydrogen-bond acceptors (Lipinski definition) is 7. The van der Waals surface area contributed by atoms with Crippen LogP contribution in [0.2, 0.25) is 0 Å². The molecule has 4 aromatic rings. The van der Waals surface area contributed by atoms with Crippen molar-refractivity contribution in [2.45, 2.75) is 33.4 Å². The molecule has 4 N–H and O–H groups in total. The van der Waals surface area contributed by atoms with Crippen molar-refractivity contribution in [2.75, 3.05) is 24.3 Å². The highest BCUT2D eigenvalue weighted by Crippen LogP contribution is 2.28. The number of ether oxygens (including phenoxy) is 1. The minimum atomic E-state index is -4.44. The molecule has 1 heterocycles. The molecule has 1 aromatic heterocycles. The van der Waals surface area contributed by atoms with E-state index in [9.17, 15) is 22.4 Å². The summed E-state index contributed by atoms with van der Waals surface area (Å²) in [4.78, 5) is 34.4. The first-order valence-corrected chi connectivity index (χ1v) is 14.0. The number of guanidine groups is 1. The first-order valence-electron chi connectivity index (χ1n) is 14.0. The summed E-state index contributed by atoms with van der Waals surface area (Å²) >= 11 is 0. The van der Waals surface area contributed by atoms with Gasteiger partial charge in [-0.05, 0) is 72.1 Å². The fourth-order valence-electron chi connectivity index (χ4n) is 3.47. The van der Waals surface area contributed by atoms with Gasteiger partial charge in [0.1, 0.15) is 31.4 Å². The van der Waals surface area contributed by atoms with E-state index in [1.54, 1.807) is 43.5 Å². The number of pyridine rings is 1. The summed E-state index contributed by atoms with van der Waals surface area (Å²) in [6.45, 7) is 8.35. The van der Waals surface area contributed by atoms with E-state index >= 15 is 0 Å². The van der Waals surface area contributed by atoms with Crippen molar-refractivity contribution in [1.82, 2.24) is 4.98 Å². The quantitative estimate of drug-likeness (QED) is 0.0776. The van der Waals surface area contributed by atoms with E-state index in [0.717, 1.165) is 34.2 Å². The van der Waals surface area contributed by atoms with Crippen LogP contribution in [0.25, 0.3) is 11.1 Å². The number of anilines is 2. The minimum absolute atomic E-state index is 0.0284. The van der Waals surface area contributed by atoms with Gasteiger partial charge in [0.15, 0.2) is 18.4 Å². The Morgan fingerprint density at radius 1 is 0.936 bits per heavy atom. The number of hydrogen-bond donors (Lipinski definition) is 3. The molecular formula is C34H39F4N5O4. The predicted octanol–water partition coefficient (Wildman–Crippen LogP) is 7.32. The number of aliphatic imine (C=N–C) groups is 1. The van der Waals surface area contributed by atoms with Crippen LogP contribution in [0.4, 0.5) is 34.8 Å². The summed E-state index contributed by atoms with van der Waals surface area (Å²) in [5, 5.41) is 5.83. The van der Waals surface area contributed by atoms with Crippen LogP contribution >= 0.6 is 0 Å². The number of nitrogens with one attached hydrogen (secondary N) is 2. The second-order valence-electron chi connectivity index (χ2n) is 8.76. The maximum Gasteiger partial charge on any atom is 0.422 e. The topological polar surface area (TPSA) is 136 Å².